The first-order valence-corrected chi connectivity index (χ1v) is 15.0. The Morgan fingerprint density at radius 1 is 1.09 bits per heavy atom. The Morgan fingerprint density at radius 3 is 2.47 bits per heavy atom. The summed E-state index contributed by atoms with van der Waals surface area (Å²) in [4.78, 5) is 51.0. The first kappa shape index (κ1) is 30.5. The molecule has 1 atom stereocenters. The number of ether oxygens (including phenoxy) is 1. The molecule has 0 unspecified atom stereocenters. The van der Waals surface area contributed by atoms with Crippen LogP contribution < -0.4 is 20.5 Å². The summed E-state index contributed by atoms with van der Waals surface area (Å²) in [5, 5.41) is 23.4. The minimum atomic E-state index is -1.35. The number of cyclic esters (lactones) is 1. The molecule has 1 aromatic heterocycles. The van der Waals surface area contributed by atoms with E-state index < -0.39 is 40.8 Å². The van der Waals surface area contributed by atoms with Crippen molar-refractivity contribution in [1.29, 1.82) is 0 Å². The molecular formula is C32H34F2N4O7. The first-order chi connectivity index (χ1) is 21.4. The lowest BCUT2D eigenvalue weighted by Crippen LogP contribution is -2.45. The third-order valence-electron chi connectivity index (χ3n) is 8.97. The number of hydrogen-bond acceptors (Lipinski definition) is 7. The highest BCUT2D eigenvalue weighted by molar-refractivity contribution is 5.93. The van der Waals surface area contributed by atoms with Gasteiger partial charge in [0.1, 0.15) is 23.3 Å². The molecule has 11 nitrogen and oxygen atoms in total. The van der Waals surface area contributed by atoms with E-state index in [1.807, 2.05) is 0 Å². The number of anilines is 2. The van der Waals surface area contributed by atoms with Gasteiger partial charge in [-0.1, -0.05) is 6.07 Å². The zero-order valence-corrected chi connectivity index (χ0v) is 24.7. The van der Waals surface area contributed by atoms with Crippen LogP contribution in [0.2, 0.25) is 0 Å². The molecule has 2 aliphatic heterocycles. The summed E-state index contributed by atoms with van der Waals surface area (Å²) in [5.74, 6) is -2.75. The van der Waals surface area contributed by atoms with Crippen LogP contribution in [0.5, 0.6) is 0 Å². The minimum Gasteiger partial charge on any atom is -0.477 e. The number of hydrogen-bond donors (Lipinski definition) is 3. The number of rotatable bonds is 9. The number of aliphatic hydroxyl groups is 1. The summed E-state index contributed by atoms with van der Waals surface area (Å²) in [6.07, 6.45) is 3.02. The van der Waals surface area contributed by atoms with Crippen LogP contribution in [-0.4, -0.2) is 70.6 Å². The quantitative estimate of drug-likeness (QED) is 0.327. The highest BCUT2D eigenvalue weighted by Crippen LogP contribution is 2.39. The Kier molecular flexibility index (Phi) is 7.98. The Morgan fingerprint density at radius 2 is 1.82 bits per heavy atom. The monoisotopic (exact) mass is 624 g/mol. The van der Waals surface area contributed by atoms with Crippen LogP contribution >= 0.6 is 0 Å². The highest BCUT2D eigenvalue weighted by Gasteiger charge is 2.35. The van der Waals surface area contributed by atoms with Gasteiger partial charge >= 0.3 is 12.1 Å². The van der Waals surface area contributed by atoms with E-state index >= 15 is 8.78 Å². The topological polar surface area (TPSA) is 141 Å². The summed E-state index contributed by atoms with van der Waals surface area (Å²) < 4.78 is 37.4. The molecular weight excluding hydrogens is 590 g/mol. The lowest BCUT2D eigenvalue weighted by Gasteiger charge is -2.39. The smallest absolute Gasteiger partial charge is 0.414 e. The zero-order chi connectivity index (χ0) is 32.0. The van der Waals surface area contributed by atoms with Crippen molar-refractivity contribution in [2.24, 2.45) is 0 Å². The molecule has 2 amide bonds. The number of carbonyl (C=O) groups excluding carboxylic acids is 2. The molecule has 0 spiro atoms. The number of piperidine rings is 1. The second kappa shape index (κ2) is 11.8. The molecule has 1 aliphatic carbocycles. The van der Waals surface area contributed by atoms with Crippen molar-refractivity contribution in [1.82, 2.24) is 9.88 Å². The molecule has 3 heterocycles. The Bertz CT molecular complexity index is 1750. The average molecular weight is 625 g/mol. The van der Waals surface area contributed by atoms with Gasteiger partial charge in [0.05, 0.1) is 35.6 Å². The van der Waals surface area contributed by atoms with E-state index in [9.17, 15) is 29.4 Å². The van der Waals surface area contributed by atoms with Gasteiger partial charge in [0.2, 0.25) is 11.3 Å². The van der Waals surface area contributed by atoms with Crippen molar-refractivity contribution in [3.05, 3.63) is 69.5 Å². The molecule has 3 fully saturated rings. The van der Waals surface area contributed by atoms with Crippen molar-refractivity contribution in [3.63, 3.8) is 0 Å². The van der Waals surface area contributed by atoms with Crippen LogP contribution in [0.1, 0.15) is 61.0 Å². The van der Waals surface area contributed by atoms with Crippen molar-refractivity contribution in [2.75, 3.05) is 36.0 Å². The number of fused-ring (bicyclic) bond motifs is 1. The molecule has 0 bridgehead atoms. The molecule has 13 heteroatoms. The van der Waals surface area contributed by atoms with Crippen molar-refractivity contribution in [3.8, 4) is 0 Å². The van der Waals surface area contributed by atoms with Crippen LogP contribution in [0.25, 0.3) is 10.9 Å². The fraction of sp³-hybridized carbons (Fsp3) is 0.438. The molecule has 6 rings (SSSR count). The number of carboxylic acid groups (broad SMARTS) is 1. The van der Waals surface area contributed by atoms with E-state index in [1.54, 1.807) is 27.7 Å². The fourth-order valence-corrected chi connectivity index (χ4v) is 6.19. The van der Waals surface area contributed by atoms with E-state index in [0.29, 0.717) is 42.7 Å². The van der Waals surface area contributed by atoms with E-state index in [1.165, 1.54) is 24.1 Å². The molecule has 238 valence electrons. The molecule has 3 aliphatic rings. The van der Waals surface area contributed by atoms with Gasteiger partial charge in [0.25, 0.3) is 0 Å². The summed E-state index contributed by atoms with van der Waals surface area (Å²) >= 11 is 0. The van der Waals surface area contributed by atoms with Crippen LogP contribution in [0.3, 0.4) is 0 Å². The minimum absolute atomic E-state index is 0.0241. The predicted octanol–water partition coefficient (Wildman–Crippen LogP) is 3.74. The second-order valence-electron chi connectivity index (χ2n) is 12.2. The molecule has 45 heavy (non-hydrogen) atoms. The van der Waals surface area contributed by atoms with Gasteiger partial charge in [-0.25, -0.2) is 18.4 Å². The SMILES string of the molecule is CC(=O)NC[C@H]1CN(c2ccc(CCC3(O)CCN(c4cc5c(cc4F)c(=O)c(C(=O)O)cn5C4CC4)CC3)c(F)c2)C(=O)O1. The van der Waals surface area contributed by atoms with Gasteiger partial charge in [-0.2, -0.15) is 0 Å². The molecule has 2 saturated heterocycles. The number of aromatic nitrogens is 1. The third kappa shape index (κ3) is 6.21. The molecule has 3 aromatic rings. The number of pyridine rings is 1. The first-order valence-electron chi connectivity index (χ1n) is 15.0. The zero-order valence-electron chi connectivity index (χ0n) is 24.7. The van der Waals surface area contributed by atoms with E-state index in [-0.39, 0.29) is 54.5 Å². The van der Waals surface area contributed by atoms with E-state index in [0.717, 1.165) is 18.9 Å². The Labute approximate surface area is 257 Å². The third-order valence-corrected chi connectivity index (χ3v) is 8.97. The number of nitrogens with zero attached hydrogens (tertiary/aromatic N) is 3. The average Bonchev–Trinajstić information content (AvgIpc) is 3.77. The van der Waals surface area contributed by atoms with Crippen LogP contribution in [0.15, 0.2) is 41.3 Å². The maximum absolute atomic E-state index is 15.3. The van der Waals surface area contributed by atoms with Gasteiger partial charge in [-0.3, -0.25) is 14.5 Å². The van der Waals surface area contributed by atoms with Crippen molar-refractivity contribution < 1.29 is 38.1 Å². The normalized spacial score (nSPS) is 19.6. The lowest BCUT2D eigenvalue weighted by atomic mass is 9.85. The van der Waals surface area contributed by atoms with Crippen LogP contribution in [0, 0.1) is 11.6 Å². The number of aryl methyl sites for hydroxylation is 1. The predicted molar refractivity (Wildman–Crippen MR) is 161 cm³/mol. The lowest BCUT2D eigenvalue weighted by molar-refractivity contribution is -0.119. The number of carbonyl (C=O) groups is 3. The Balaban J connectivity index is 1.11. The fourth-order valence-electron chi connectivity index (χ4n) is 6.19. The standard InChI is InChI=1S/C32H34F2N4O7/c1-18(39)35-15-22-16-38(31(43)45-22)21-3-2-19(25(33)12-21)6-7-32(44)8-10-36(11-9-32)28-14-27-23(13-26(28)34)29(40)24(30(41)42)17-37(27)20-4-5-20/h2-3,12-14,17,20,22,44H,4-11,15-16H2,1H3,(H,35,39)(H,41,42)/t22-/m0/s1. The van der Waals surface area contributed by atoms with Gasteiger partial charge in [-0.15, -0.1) is 0 Å². The number of amides is 2. The number of benzene rings is 2. The summed E-state index contributed by atoms with van der Waals surface area (Å²) in [6, 6.07) is 7.22. The molecule has 1 saturated carbocycles. The van der Waals surface area contributed by atoms with E-state index in [2.05, 4.69) is 5.32 Å². The number of halogens is 2. The maximum atomic E-state index is 15.3. The van der Waals surface area contributed by atoms with Crippen molar-refractivity contribution >= 4 is 40.2 Å². The molecule has 3 N–H and O–H groups in total. The van der Waals surface area contributed by atoms with Gasteiger partial charge in [-0.05, 0) is 68.4 Å². The summed E-state index contributed by atoms with van der Waals surface area (Å²) in [5.41, 5.74) is -0.728. The molecule has 2 aromatic carbocycles. The van der Waals surface area contributed by atoms with Crippen LogP contribution in [-0.2, 0) is 16.0 Å². The number of nitrogens with one attached hydrogen (secondary N) is 1. The number of aromatic carboxylic acids is 1. The maximum Gasteiger partial charge on any atom is 0.414 e. The van der Waals surface area contributed by atoms with Gasteiger partial charge in [0, 0.05) is 37.6 Å². The van der Waals surface area contributed by atoms with Gasteiger partial charge in [0.15, 0.2) is 0 Å². The second-order valence-corrected chi connectivity index (χ2v) is 12.2. The summed E-state index contributed by atoms with van der Waals surface area (Å²) in [6.45, 7) is 2.36. The number of carboxylic acids is 1. The largest absolute Gasteiger partial charge is 0.477 e. The Hall–Kier alpha value is -4.52. The molecule has 0 radical (unpaired) electrons. The van der Waals surface area contributed by atoms with Gasteiger partial charge < -0.3 is 29.7 Å². The van der Waals surface area contributed by atoms with Crippen LogP contribution in [0.4, 0.5) is 25.0 Å². The highest BCUT2D eigenvalue weighted by atomic mass is 19.1. The summed E-state index contributed by atoms with van der Waals surface area (Å²) in [7, 11) is 0. The van der Waals surface area contributed by atoms with E-state index in [4.69, 9.17) is 4.74 Å². The van der Waals surface area contributed by atoms with Crippen molar-refractivity contribution in [2.45, 2.75) is 63.2 Å².